The third-order valence-corrected chi connectivity index (χ3v) is 6.12. The standard InChI is InChI=1S/C25H24BrN3O2/c1-4-18-7-11-22(12-8-18)29-16(2)13-20(17(29)3)14-23-24(30)28(25(31)27-23)15-19-5-9-21(26)10-6-19/h5-14H,4,15H2,1-3H3,(H,27,31)/b23-14+. The van der Waals surface area contributed by atoms with Crippen molar-refractivity contribution in [3.05, 3.63) is 92.8 Å². The van der Waals surface area contributed by atoms with Crippen molar-refractivity contribution in [1.82, 2.24) is 14.8 Å². The number of carbonyl (C=O) groups is 2. The van der Waals surface area contributed by atoms with Gasteiger partial charge in [-0.1, -0.05) is 47.1 Å². The Morgan fingerprint density at radius 3 is 2.26 bits per heavy atom. The summed E-state index contributed by atoms with van der Waals surface area (Å²) < 4.78 is 3.11. The molecule has 0 spiro atoms. The van der Waals surface area contributed by atoms with Crippen LogP contribution in [0.4, 0.5) is 4.79 Å². The summed E-state index contributed by atoms with van der Waals surface area (Å²) in [5.74, 6) is -0.315. The molecule has 0 bridgehead atoms. The van der Waals surface area contributed by atoms with Gasteiger partial charge in [0.15, 0.2) is 0 Å². The molecule has 1 saturated heterocycles. The van der Waals surface area contributed by atoms with Crippen molar-refractivity contribution >= 4 is 33.9 Å². The van der Waals surface area contributed by atoms with Crippen LogP contribution in [-0.2, 0) is 17.8 Å². The highest BCUT2D eigenvalue weighted by atomic mass is 79.9. The van der Waals surface area contributed by atoms with E-state index in [1.807, 2.05) is 44.2 Å². The number of hydrogen-bond acceptors (Lipinski definition) is 2. The van der Waals surface area contributed by atoms with Crippen LogP contribution in [-0.4, -0.2) is 21.4 Å². The summed E-state index contributed by atoms with van der Waals surface area (Å²) >= 11 is 3.40. The fourth-order valence-electron chi connectivity index (χ4n) is 3.85. The molecule has 1 aliphatic rings. The zero-order valence-electron chi connectivity index (χ0n) is 17.8. The minimum Gasteiger partial charge on any atom is -0.318 e. The lowest BCUT2D eigenvalue weighted by molar-refractivity contribution is -0.123. The molecule has 0 aliphatic carbocycles. The van der Waals surface area contributed by atoms with E-state index in [9.17, 15) is 9.59 Å². The van der Waals surface area contributed by atoms with Crippen LogP contribution in [0.1, 0.15) is 35.0 Å². The summed E-state index contributed by atoms with van der Waals surface area (Å²) in [6.07, 6.45) is 2.76. The molecule has 2 aromatic carbocycles. The van der Waals surface area contributed by atoms with Crippen molar-refractivity contribution in [2.24, 2.45) is 0 Å². The summed E-state index contributed by atoms with van der Waals surface area (Å²) in [6, 6.07) is 17.7. The van der Waals surface area contributed by atoms with Crippen LogP contribution in [0.5, 0.6) is 0 Å². The molecule has 1 aromatic heterocycles. The number of benzene rings is 2. The smallest absolute Gasteiger partial charge is 0.318 e. The Bertz CT molecular complexity index is 1170. The minimum absolute atomic E-state index is 0.234. The van der Waals surface area contributed by atoms with Gasteiger partial charge >= 0.3 is 6.03 Å². The van der Waals surface area contributed by atoms with Crippen LogP contribution in [0, 0.1) is 13.8 Å². The Kier molecular flexibility index (Phi) is 5.83. The summed E-state index contributed by atoms with van der Waals surface area (Å²) in [7, 11) is 0. The van der Waals surface area contributed by atoms with E-state index in [-0.39, 0.29) is 12.5 Å². The van der Waals surface area contributed by atoms with Gasteiger partial charge in [-0.05, 0) is 73.4 Å². The predicted molar refractivity (Wildman–Crippen MR) is 126 cm³/mol. The molecule has 0 radical (unpaired) electrons. The van der Waals surface area contributed by atoms with Gasteiger partial charge in [-0.25, -0.2) is 4.79 Å². The first-order valence-electron chi connectivity index (χ1n) is 10.2. The average molecular weight is 478 g/mol. The summed E-state index contributed by atoms with van der Waals surface area (Å²) in [5.41, 5.74) is 6.55. The maximum Gasteiger partial charge on any atom is 0.329 e. The van der Waals surface area contributed by atoms with Crippen molar-refractivity contribution in [3.8, 4) is 5.69 Å². The topological polar surface area (TPSA) is 54.3 Å². The molecule has 4 rings (SSSR count). The molecule has 5 nitrogen and oxygen atoms in total. The first kappa shape index (κ1) is 21.1. The van der Waals surface area contributed by atoms with Gasteiger partial charge in [0.25, 0.3) is 5.91 Å². The van der Waals surface area contributed by atoms with Crippen LogP contribution in [0.25, 0.3) is 11.8 Å². The van der Waals surface area contributed by atoms with E-state index in [4.69, 9.17) is 0 Å². The highest BCUT2D eigenvalue weighted by molar-refractivity contribution is 9.10. The Balaban J connectivity index is 1.60. The zero-order valence-corrected chi connectivity index (χ0v) is 19.4. The Hall–Kier alpha value is -3.12. The normalized spacial score (nSPS) is 15.1. The van der Waals surface area contributed by atoms with Gasteiger partial charge in [-0.15, -0.1) is 0 Å². The quantitative estimate of drug-likeness (QED) is 0.388. The Morgan fingerprint density at radius 1 is 0.968 bits per heavy atom. The van der Waals surface area contributed by atoms with Gasteiger partial charge in [0.2, 0.25) is 0 Å². The predicted octanol–water partition coefficient (Wildman–Crippen LogP) is 5.51. The monoisotopic (exact) mass is 477 g/mol. The second kappa shape index (κ2) is 8.55. The SMILES string of the molecule is CCc1ccc(-n2c(C)cc(/C=C3/NC(=O)N(Cc4ccc(Br)cc4)C3=O)c2C)cc1. The summed E-state index contributed by atoms with van der Waals surface area (Å²) in [4.78, 5) is 26.6. The van der Waals surface area contributed by atoms with Crippen molar-refractivity contribution < 1.29 is 9.59 Å². The van der Waals surface area contributed by atoms with Gasteiger partial charge in [0.05, 0.1) is 6.54 Å². The Morgan fingerprint density at radius 2 is 1.61 bits per heavy atom. The van der Waals surface area contributed by atoms with Gasteiger partial charge in [0.1, 0.15) is 5.70 Å². The second-order valence-corrected chi connectivity index (χ2v) is 8.60. The summed E-state index contributed by atoms with van der Waals surface area (Å²) in [5, 5.41) is 2.72. The molecule has 31 heavy (non-hydrogen) atoms. The number of imide groups is 1. The molecule has 1 N–H and O–H groups in total. The average Bonchev–Trinajstić information content (AvgIpc) is 3.19. The number of hydrogen-bond donors (Lipinski definition) is 1. The fraction of sp³-hybridized carbons (Fsp3) is 0.200. The van der Waals surface area contributed by atoms with Crippen molar-refractivity contribution in [2.45, 2.75) is 33.7 Å². The Labute approximate surface area is 190 Å². The number of nitrogens with zero attached hydrogens (tertiary/aromatic N) is 2. The largest absolute Gasteiger partial charge is 0.329 e. The third kappa shape index (κ3) is 4.21. The highest BCUT2D eigenvalue weighted by Gasteiger charge is 2.33. The number of urea groups is 1. The van der Waals surface area contributed by atoms with Crippen LogP contribution in [0.15, 0.2) is 64.8 Å². The summed E-state index contributed by atoms with van der Waals surface area (Å²) in [6.45, 7) is 6.43. The molecule has 0 atom stereocenters. The molecular formula is C25H24BrN3O2. The zero-order chi connectivity index (χ0) is 22.1. The van der Waals surface area contributed by atoms with E-state index in [1.54, 1.807) is 6.08 Å². The molecular weight excluding hydrogens is 454 g/mol. The molecule has 1 fully saturated rings. The highest BCUT2D eigenvalue weighted by Crippen LogP contribution is 2.25. The number of halogens is 1. The first-order chi connectivity index (χ1) is 14.9. The van der Waals surface area contributed by atoms with Crippen molar-refractivity contribution in [1.29, 1.82) is 0 Å². The van der Waals surface area contributed by atoms with Gasteiger partial charge in [-0.2, -0.15) is 0 Å². The second-order valence-electron chi connectivity index (χ2n) is 7.69. The lowest BCUT2D eigenvalue weighted by Gasteiger charge is -2.11. The minimum atomic E-state index is -0.400. The van der Waals surface area contributed by atoms with E-state index in [0.717, 1.165) is 39.1 Å². The number of carbonyl (C=O) groups excluding carboxylic acids is 2. The number of aromatic nitrogens is 1. The lowest BCUT2D eigenvalue weighted by atomic mass is 10.1. The van der Waals surface area contributed by atoms with Crippen LogP contribution >= 0.6 is 15.9 Å². The van der Waals surface area contributed by atoms with Gasteiger partial charge < -0.3 is 9.88 Å². The number of nitrogens with one attached hydrogen (secondary N) is 1. The fourth-order valence-corrected chi connectivity index (χ4v) is 4.12. The number of aryl methyl sites for hydroxylation is 2. The maximum atomic E-state index is 12.9. The van der Waals surface area contributed by atoms with Crippen LogP contribution < -0.4 is 5.32 Å². The third-order valence-electron chi connectivity index (χ3n) is 5.59. The lowest BCUT2D eigenvalue weighted by Crippen LogP contribution is -2.30. The molecule has 6 heteroatoms. The molecule has 158 valence electrons. The van der Waals surface area contributed by atoms with Gasteiger partial charge in [-0.3, -0.25) is 9.69 Å². The molecule has 3 amide bonds. The maximum absolute atomic E-state index is 12.9. The van der Waals surface area contributed by atoms with E-state index < -0.39 is 6.03 Å². The molecule has 0 unspecified atom stereocenters. The van der Waals surface area contributed by atoms with E-state index >= 15 is 0 Å². The van der Waals surface area contributed by atoms with E-state index in [0.29, 0.717) is 5.70 Å². The van der Waals surface area contributed by atoms with Crippen molar-refractivity contribution in [2.75, 3.05) is 0 Å². The van der Waals surface area contributed by atoms with Crippen molar-refractivity contribution in [3.63, 3.8) is 0 Å². The van der Waals surface area contributed by atoms with E-state index in [1.165, 1.54) is 10.5 Å². The van der Waals surface area contributed by atoms with Gasteiger partial charge in [0, 0.05) is 21.5 Å². The van der Waals surface area contributed by atoms with E-state index in [2.05, 4.69) is 57.0 Å². The molecule has 0 saturated carbocycles. The van der Waals surface area contributed by atoms with Crippen LogP contribution in [0.3, 0.4) is 0 Å². The first-order valence-corrected chi connectivity index (χ1v) is 11.0. The van der Waals surface area contributed by atoms with Crippen LogP contribution in [0.2, 0.25) is 0 Å². The molecule has 1 aliphatic heterocycles. The molecule has 3 aromatic rings. The molecule has 2 heterocycles. The number of rotatable bonds is 5. The number of amides is 3.